The van der Waals surface area contributed by atoms with Crippen LogP contribution in [0.2, 0.25) is 0 Å². The van der Waals surface area contributed by atoms with Gasteiger partial charge in [-0.3, -0.25) is 0 Å². The number of anilines is 1. The van der Waals surface area contributed by atoms with Crippen LogP contribution in [0.1, 0.15) is 11.1 Å². The molecule has 2 rings (SSSR count). The van der Waals surface area contributed by atoms with Crippen LogP contribution < -0.4 is 10.1 Å². The Bertz CT molecular complexity index is 549. The number of ether oxygens (including phenoxy) is 1. The largest absolute Gasteiger partial charge is 0.490 e. The molecule has 0 bridgehead atoms. The number of para-hydroxylation sites is 1. The zero-order chi connectivity index (χ0) is 14.2. The molecule has 2 N–H and O–H groups in total. The summed E-state index contributed by atoms with van der Waals surface area (Å²) in [4.78, 5) is 0. The van der Waals surface area contributed by atoms with Crippen molar-refractivity contribution in [2.45, 2.75) is 13.2 Å². The first-order chi connectivity index (χ1) is 9.83. The minimum atomic E-state index is 0.0392. The van der Waals surface area contributed by atoms with Gasteiger partial charge in [-0.1, -0.05) is 43.0 Å². The third-order valence-corrected chi connectivity index (χ3v) is 2.96. The van der Waals surface area contributed by atoms with Crippen molar-refractivity contribution in [3.8, 4) is 5.75 Å². The summed E-state index contributed by atoms with van der Waals surface area (Å²) in [7, 11) is 0. The monoisotopic (exact) mass is 269 g/mol. The van der Waals surface area contributed by atoms with E-state index in [-0.39, 0.29) is 6.61 Å². The summed E-state index contributed by atoms with van der Waals surface area (Å²) < 4.78 is 5.44. The van der Waals surface area contributed by atoms with Crippen LogP contribution in [-0.4, -0.2) is 11.7 Å². The highest BCUT2D eigenvalue weighted by Gasteiger charge is 2.00. The Labute approximate surface area is 119 Å². The molecular weight excluding hydrogens is 250 g/mol. The molecule has 0 aliphatic carbocycles. The van der Waals surface area contributed by atoms with Gasteiger partial charge in [-0.25, -0.2) is 0 Å². The molecule has 0 aliphatic rings. The van der Waals surface area contributed by atoms with Crippen LogP contribution in [0.5, 0.6) is 5.75 Å². The Kier molecular flexibility index (Phi) is 5.21. The molecule has 0 aromatic heterocycles. The molecular formula is C17H19NO2. The summed E-state index contributed by atoms with van der Waals surface area (Å²) >= 11 is 0. The van der Waals surface area contributed by atoms with E-state index >= 15 is 0 Å². The second-order valence-electron chi connectivity index (χ2n) is 4.41. The average Bonchev–Trinajstić information content (AvgIpc) is 2.52. The molecule has 0 spiro atoms. The van der Waals surface area contributed by atoms with Gasteiger partial charge in [-0.15, -0.1) is 0 Å². The lowest BCUT2D eigenvalue weighted by Gasteiger charge is -2.11. The Morgan fingerprint density at radius 1 is 1.10 bits per heavy atom. The zero-order valence-corrected chi connectivity index (χ0v) is 11.4. The van der Waals surface area contributed by atoms with Crippen molar-refractivity contribution in [2.24, 2.45) is 0 Å². The molecule has 0 unspecified atom stereocenters. The van der Waals surface area contributed by atoms with Crippen molar-refractivity contribution >= 4 is 5.69 Å². The van der Waals surface area contributed by atoms with Gasteiger partial charge in [0.15, 0.2) is 0 Å². The first-order valence-electron chi connectivity index (χ1n) is 6.58. The van der Waals surface area contributed by atoms with Gasteiger partial charge in [-0.2, -0.15) is 0 Å². The number of hydrogen-bond donors (Lipinski definition) is 2. The number of hydrogen-bond acceptors (Lipinski definition) is 3. The zero-order valence-electron chi connectivity index (χ0n) is 11.4. The lowest BCUT2D eigenvalue weighted by molar-refractivity contribution is 0.282. The predicted molar refractivity (Wildman–Crippen MR) is 81.8 cm³/mol. The van der Waals surface area contributed by atoms with Crippen molar-refractivity contribution in [3.05, 3.63) is 72.3 Å². The van der Waals surface area contributed by atoms with Crippen LogP contribution in [0.15, 0.2) is 61.2 Å². The molecule has 2 aromatic rings. The first-order valence-corrected chi connectivity index (χ1v) is 6.58. The number of rotatable bonds is 7. The molecule has 0 atom stereocenters. The molecule has 20 heavy (non-hydrogen) atoms. The van der Waals surface area contributed by atoms with Gasteiger partial charge < -0.3 is 15.2 Å². The topological polar surface area (TPSA) is 41.5 Å². The van der Waals surface area contributed by atoms with Gasteiger partial charge in [0, 0.05) is 17.8 Å². The maximum absolute atomic E-state index is 9.27. The summed E-state index contributed by atoms with van der Waals surface area (Å²) in [5.74, 6) is 0.837. The van der Waals surface area contributed by atoms with Gasteiger partial charge in [0.05, 0.1) is 6.61 Å². The Morgan fingerprint density at radius 2 is 1.85 bits per heavy atom. The van der Waals surface area contributed by atoms with Gasteiger partial charge in [0.25, 0.3) is 0 Å². The highest BCUT2D eigenvalue weighted by atomic mass is 16.5. The fraction of sp³-hybridized carbons (Fsp3) is 0.176. The highest BCUT2D eigenvalue weighted by molar-refractivity contribution is 5.51. The minimum absolute atomic E-state index is 0.0392. The smallest absolute Gasteiger partial charge is 0.119 e. The number of benzene rings is 2. The van der Waals surface area contributed by atoms with Crippen LogP contribution in [0, 0.1) is 0 Å². The van der Waals surface area contributed by atoms with E-state index < -0.39 is 0 Å². The van der Waals surface area contributed by atoms with Crippen molar-refractivity contribution in [3.63, 3.8) is 0 Å². The van der Waals surface area contributed by atoms with Crippen molar-refractivity contribution in [1.82, 2.24) is 0 Å². The first kappa shape index (κ1) is 14.2. The maximum atomic E-state index is 9.27. The Balaban J connectivity index is 1.95. The molecule has 0 amide bonds. The maximum Gasteiger partial charge on any atom is 0.119 e. The molecule has 0 radical (unpaired) electrons. The van der Waals surface area contributed by atoms with E-state index in [1.807, 2.05) is 48.5 Å². The van der Waals surface area contributed by atoms with Gasteiger partial charge in [0.1, 0.15) is 12.4 Å². The van der Waals surface area contributed by atoms with Gasteiger partial charge in [0.2, 0.25) is 0 Å². The SMILES string of the molecule is C=CCOc1ccc(CNc2ccccc2CO)cc1. The third-order valence-electron chi connectivity index (χ3n) is 2.96. The molecule has 2 aromatic carbocycles. The minimum Gasteiger partial charge on any atom is -0.490 e. The van der Waals surface area contributed by atoms with Crippen LogP contribution in [-0.2, 0) is 13.2 Å². The van der Waals surface area contributed by atoms with E-state index in [0.29, 0.717) is 13.2 Å². The molecule has 3 heteroatoms. The normalized spacial score (nSPS) is 10.1. The standard InChI is InChI=1S/C17H19NO2/c1-2-11-20-16-9-7-14(8-10-16)12-18-17-6-4-3-5-15(17)13-19/h2-10,18-19H,1,11-13H2. The van der Waals surface area contributed by atoms with E-state index in [9.17, 15) is 5.11 Å². The summed E-state index contributed by atoms with van der Waals surface area (Å²) in [6.45, 7) is 4.88. The average molecular weight is 269 g/mol. The Morgan fingerprint density at radius 3 is 2.55 bits per heavy atom. The predicted octanol–water partition coefficient (Wildman–Crippen LogP) is 3.36. The van der Waals surface area contributed by atoms with Crippen LogP contribution in [0.3, 0.4) is 0 Å². The highest BCUT2D eigenvalue weighted by Crippen LogP contribution is 2.17. The lowest BCUT2D eigenvalue weighted by Crippen LogP contribution is -2.02. The third kappa shape index (κ3) is 3.87. The summed E-state index contributed by atoms with van der Waals surface area (Å²) in [6.07, 6.45) is 1.72. The quantitative estimate of drug-likeness (QED) is 0.757. The fourth-order valence-corrected chi connectivity index (χ4v) is 1.89. The molecule has 0 fully saturated rings. The lowest BCUT2D eigenvalue weighted by atomic mass is 10.1. The van der Waals surface area contributed by atoms with Crippen LogP contribution in [0.25, 0.3) is 0 Å². The summed E-state index contributed by atoms with van der Waals surface area (Å²) in [6, 6.07) is 15.7. The van der Waals surface area contributed by atoms with Crippen LogP contribution in [0.4, 0.5) is 5.69 Å². The summed E-state index contributed by atoms with van der Waals surface area (Å²) in [5.41, 5.74) is 3.02. The van der Waals surface area contributed by atoms with Gasteiger partial charge in [-0.05, 0) is 23.8 Å². The van der Waals surface area contributed by atoms with E-state index in [0.717, 1.165) is 22.6 Å². The number of aliphatic hydroxyl groups excluding tert-OH is 1. The van der Waals surface area contributed by atoms with Crippen molar-refractivity contribution < 1.29 is 9.84 Å². The molecule has 0 heterocycles. The molecule has 104 valence electrons. The second kappa shape index (κ2) is 7.36. The van der Waals surface area contributed by atoms with Gasteiger partial charge >= 0.3 is 0 Å². The summed E-state index contributed by atoms with van der Waals surface area (Å²) in [5, 5.41) is 12.6. The van der Waals surface area contributed by atoms with E-state index in [2.05, 4.69) is 11.9 Å². The number of aliphatic hydroxyl groups is 1. The number of nitrogens with one attached hydrogen (secondary N) is 1. The molecule has 3 nitrogen and oxygen atoms in total. The van der Waals surface area contributed by atoms with Crippen molar-refractivity contribution in [2.75, 3.05) is 11.9 Å². The fourth-order valence-electron chi connectivity index (χ4n) is 1.89. The van der Waals surface area contributed by atoms with E-state index in [1.165, 1.54) is 0 Å². The molecule has 0 saturated heterocycles. The Hall–Kier alpha value is -2.26. The van der Waals surface area contributed by atoms with Crippen molar-refractivity contribution in [1.29, 1.82) is 0 Å². The van der Waals surface area contributed by atoms with Crippen LogP contribution >= 0.6 is 0 Å². The molecule has 0 saturated carbocycles. The van der Waals surface area contributed by atoms with E-state index in [1.54, 1.807) is 6.08 Å². The second-order valence-corrected chi connectivity index (χ2v) is 4.41. The molecule has 0 aliphatic heterocycles. The van der Waals surface area contributed by atoms with E-state index in [4.69, 9.17) is 4.74 Å².